The lowest BCUT2D eigenvalue weighted by molar-refractivity contribution is -0.114. The second-order valence-corrected chi connectivity index (χ2v) is 7.82. The maximum atomic E-state index is 12.5. The molecule has 4 rings (SSSR count). The van der Waals surface area contributed by atoms with Crippen molar-refractivity contribution in [3.63, 3.8) is 0 Å². The number of hydrogen-bond acceptors (Lipinski definition) is 8. The summed E-state index contributed by atoms with van der Waals surface area (Å²) in [5.74, 6) is 0.101. The first-order valence-electron chi connectivity index (χ1n) is 8.94. The zero-order valence-electron chi connectivity index (χ0n) is 16.0. The zero-order valence-corrected chi connectivity index (χ0v) is 17.6. The Morgan fingerprint density at radius 1 is 1.10 bits per heavy atom. The van der Waals surface area contributed by atoms with E-state index < -0.39 is 0 Å². The van der Waals surface area contributed by atoms with Crippen LogP contribution in [0.2, 0.25) is 5.02 Å². The van der Waals surface area contributed by atoms with Crippen molar-refractivity contribution >= 4 is 51.4 Å². The van der Waals surface area contributed by atoms with E-state index in [0.29, 0.717) is 37.7 Å². The Labute approximate surface area is 185 Å². The molecule has 2 aromatic heterocycles. The normalized spacial score (nSPS) is 10.6. The summed E-state index contributed by atoms with van der Waals surface area (Å²) in [6, 6.07) is 13.7. The van der Waals surface area contributed by atoms with E-state index in [4.69, 9.17) is 21.9 Å². The smallest absolute Gasteiger partial charge is 0.272 e. The van der Waals surface area contributed by atoms with Gasteiger partial charge in [-0.1, -0.05) is 46.3 Å². The highest BCUT2D eigenvalue weighted by atomic mass is 35.5. The number of carbonyl (C=O) groups is 2. The summed E-state index contributed by atoms with van der Waals surface area (Å²) in [6.07, 6.45) is 0. The van der Waals surface area contributed by atoms with E-state index in [9.17, 15) is 9.59 Å². The van der Waals surface area contributed by atoms with Crippen LogP contribution in [0.15, 0.2) is 53.1 Å². The van der Waals surface area contributed by atoms with Crippen molar-refractivity contribution in [3.05, 3.63) is 59.1 Å². The molecule has 11 heteroatoms. The van der Waals surface area contributed by atoms with Crippen LogP contribution in [0.25, 0.3) is 22.2 Å². The van der Waals surface area contributed by atoms with Crippen molar-refractivity contribution < 1.29 is 14.1 Å². The highest BCUT2D eigenvalue weighted by Crippen LogP contribution is 2.35. The summed E-state index contributed by atoms with van der Waals surface area (Å²) in [4.78, 5) is 32.5. The van der Waals surface area contributed by atoms with Gasteiger partial charge in [-0.2, -0.15) is 4.98 Å². The molecule has 0 radical (unpaired) electrons. The molecule has 0 unspecified atom stereocenters. The van der Waals surface area contributed by atoms with E-state index in [-0.39, 0.29) is 23.5 Å². The Morgan fingerprint density at radius 3 is 2.68 bits per heavy atom. The van der Waals surface area contributed by atoms with Crippen LogP contribution in [0.3, 0.4) is 0 Å². The Morgan fingerprint density at radius 2 is 1.90 bits per heavy atom. The van der Waals surface area contributed by atoms with Gasteiger partial charge in [0.2, 0.25) is 11.7 Å². The van der Waals surface area contributed by atoms with Gasteiger partial charge in [0.25, 0.3) is 11.8 Å². The van der Waals surface area contributed by atoms with Gasteiger partial charge < -0.3 is 20.9 Å². The molecule has 0 aliphatic carbocycles. The van der Waals surface area contributed by atoms with E-state index in [1.165, 1.54) is 6.92 Å². The second-order valence-electron chi connectivity index (χ2n) is 6.38. The predicted molar refractivity (Wildman–Crippen MR) is 119 cm³/mol. The van der Waals surface area contributed by atoms with Gasteiger partial charge in [-0.3, -0.25) is 9.59 Å². The number of anilines is 3. The lowest BCUT2D eigenvalue weighted by Gasteiger charge is -2.06. The van der Waals surface area contributed by atoms with Crippen LogP contribution in [0, 0.1) is 0 Å². The van der Waals surface area contributed by atoms with Gasteiger partial charge in [0, 0.05) is 28.8 Å². The molecule has 2 heterocycles. The molecule has 4 N–H and O–H groups in total. The molecule has 0 saturated carbocycles. The number of amides is 2. The fraction of sp³-hybridized carbons (Fsp3) is 0.0500. The van der Waals surface area contributed by atoms with Crippen molar-refractivity contribution in [2.75, 3.05) is 16.4 Å². The van der Waals surface area contributed by atoms with E-state index in [1.807, 2.05) is 0 Å². The van der Waals surface area contributed by atoms with Crippen LogP contribution in [0.5, 0.6) is 0 Å². The molecule has 2 aromatic carbocycles. The number of nitrogens with two attached hydrogens (primary N) is 1. The molecular formula is C20H15ClN6O3S. The SMILES string of the molecule is CC(=O)Nc1nc(N)c(-c2nc(-c3cccc(NC(=O)c4cccc(Cl)c4)c3)no2)s1. The van der Waals surface area contributed by atoms with Crippen molar-refractivity contribution in [2.24, 2.45) is 0 Å². The molecule has 0 fully saturated rings. The molecule has 0 atom stereocenters. The minimum absolute atomic E-state index is 0.173. The third kappa shape index (κ3) is 4.71. The summed E-state index contributed by atoms with van der Waals surface area (Å²) in [7, 11) is 0. The largest absolute Gasteiger partial charge is 0.382 e. The summed E-state index contributed by atoms with van der Waals surface area (Å²) < 4.78 is 5.32. The first kappa shape index (κ1) is 20.5. The summed E-state index contributed by atoms with van der Waals surface area (Å²) in [6.45, 7) is 1.38. The fourth-order valence-electron chi connectivity index (χ4n) is 2.69. The Balaban J connectivity index is 1.55. The molecule has 0 saturated heterocycles. The molecule has 0 bridgehead atoms. The zero-order chi connectivity index (χ0) is 22.0. The average Bonchev–Trinajstić information content (AvgIpc) is 3.34. The molecule has 31 heavy (non-hydrogen) atoms. The molecule has 0 spiro atoms. The number of thiazole rings is 1. The molecule has 4 aromatic rings. The van der Waals surface area contributed by atoms with Gasteiger partial charge in [-0.25, -0.2) is 4.98 Å². The minimum Gasteiger partial charge on any atom is -0.382 e. The maximum absolute atomic E-state index is 12.5. The second kappa shape index (κ2) is 8.54. The fourth-order valence-corrected chi connectivity index (χ4v) is 3.73. The highest BCUT2D eigenvalue weighted by Gasteiger charge is 2.19. The van der Waals surface area contributed by atoms with Gasteiger partial charge >= 0.3 is 0 Å². The Kier molecular flexibility index (Phi) is 5.65. The monoisotopic (exact) mass is 454 g/mol. The minimum atomic E-state index is -0.295. The molecule has 2 amide bonds. The Bertz CT molecular complexity index is 1290. The van der Waals surface area contributed by atoms with Crippen molar-refractivity contribution in [1.82, 2.24) is 15.1 Å². The average molecular weight is 455 g/mol. The Hall–Kier alpha value is -3.76. The number of nitrogens with zero attached hydrogens (tertiary/aromatic N) is 3. The van der Waals surface area contributed by atoms with Gasteiger partial charge in [0.05, 0.1) is 0 Å². The summed E-state index contributed by atoms with van der Waals surface area (Å²) >= 11 is 7.07. The van der Waals surface area contributed by atoms with Crippen molar-refractivity contribution in [3.8, 4) is 22.2 Å². The molecular weight excluding hydrogens is 440 g/mol. The first-order chi connectivity index (χ1) is 14.9. The lowest BCUT2D eigenvalue weighted by atomic mass is 10.1. The van der Waals surface area contributed by atoms with Crippen LogP contribution < -0.4 is 16.4 Å². The quantitative estimate of drug-likeness (QED) is 0.408. The molecule has 0 aliphatic heterocycles. The third-order valence-corrected chi connectivity index (χ3v) is 5.23. The number of aromatic nitrogens is 3. The van der Waals surface area contributed by atoms with Crippen molar-refractivity contribution in [1.29, 1.82) is 0 Å². The van der Waals surface area contributed by atoms with E-state index in [2.05, 4.69) is 25.8 Å². The van der Waals surface area contributed by atoms with Crippen LogP contribution in [-0.2, 0) is 4.79 Å². The van der Waals surface area contributed by atoms with Crippen LogP contribution >= 0.6 is 22.9 Å². The van der Waals surface area contributed by atoms with E-state index in [1.54, 1.807) is 48.5 Å². The van der Waals surface area contributed by atoms with Crippen LogP contribution in [-0.4, -0.2) is 26.9 Å². The number of carbonyl (C=O) groups excluding carboxylic acids is 2. The number of nitrogens with one attached hydrogen (secondary N) is 2. The van der Waals surface area contributed by atoms with Gasteiger partial charge in [-0.15, -0.1) is 0 Å². The van der Waals surface area contributed by atoms with E-state index >= 15 is 0 Å². The molecule has 156 valence electrons. The summed E-state index contributed by atoms with van der Waals surface area (Å²) in [5.41, 5.74) is 7.53. The highest BCUT2D eigenvalue weighted by molar-refractivity contribution is 7.19. The standard InChI is InChI=1S/C20H15ClN6O3S/c1-10(28)23-20-25-16(22)15(31-20)19-26-17(27-30-19)11-4-3-7-14(9-11)24-18(29)12-5-2-6-13(21)8-12/h2-9H,22H2,1H3,(H,24,29)(H,23,25,28). The number of benzene rings is 2. The number of nitrogen functional groups attached to an aromatic ring is 1. The first-order valence-corrected chi connectivity index (χ1v) is 10.1. The van der Waals surface area contributed by atoms with Crippen molar-refractivity contribution in [2.45, 2.75) is 6.92 Å². The predicted octanol–water partition coefficient (Wildman–Crippen LogP) is 4.31. The number of hydrogen-bond donors (Lipinski definition) is 3. The van der Waals surface area contributed by atoms with Gasteiger partial charge in [0.15, 0.2) is 5.13 Å². The third-order valence-electron chi connectivity index (χ3n) is 4.02. The number of halogens is 1. The lowest BCUT2D eigenvalue weighted by Crippen LogP contribution is -2.11. The number of rotatable bonds is 5. The molecule has 9 nitrogen and oxygen atoms in total. The molecule has 0 aliphatic rings. The van der Waals surface area contributed by atoms with Gasteiger partial charge in [0.1, 0.15) is 10.7 Å². The van der Waals surface area contributed by atoms with E-state index in [0.717, 1.165) is 11.3 Å². The summed E-state index contributed by atoms with van der Waals surface area (Å²) in [5, 5.41) is 10.2. The maximum Gasteiger partial charge on any atom is 0.272 e. The van der Waals surface area contributed by atoms with Crippen LogP contribution in [0.1, 0.15) is 17.3 Å². The topological polar surface area (TPSA) is 136 Å². The van der Waals surface area contributed by atoms with Gasteiger partial charge in [-0.05, 0) is 30.3 Å². The van der Waals surface area contributed by atoms with Crippen LogP contribution in [0.4, 0.5) is 16.6 Å².